The van der Waals surface area contributed by atoms with E-state index in [-0.39, 0.29) is 12.2 Å². The summed E-state index contributed by atoms with van der Waals surface area (Å²) >= 11 is 5.96. The van der Waals surface area contributed by atoms with Crippen LogP contribution in [0.2, 0.25) is 5.15 Å². The highest BCUT2D eigenvalue weighted by Crippen LogP contribution is 2.24. The lowest BCUT2D eigenvalue weighted by Crippen LogP contribution is -2.42. The summed E-state index contributed by atoms with van der Waals surface area (Å²) in [6.07, 6.45) is 4.62. The Labute approximate surface area is 135 Å². The third-order valence-electron chi connectivity index (χ3n) is 3.68. The second kappa shape index (κ2) is 8.17. The third-order valence-corrected chi connectivity index (χ3v) is 4.06. The minimum Gasteiger partial charge on any atom is -0.474 e. The zero-order valence-electron chi connectivity index (χ0n) is 13.0. The molecule has 0 bridgehead atoms. The van der Waals surface area contributed by atoms with Gasteiger partial charge in [0, 0.05) is 31.5 Å². The fourth-order valence-corrected chi connectivity index (χ4v) is 2.37. The van der Waals surface area contributed by atoms with Gasteiger partial charge < -0.3 is 14.4 Å². The highest BCUT2D eigenvalue weighted by atomic mass is 35.5. The average molecular weight is 328 g/mol. The Morgan fingerprint density at radius 2 is 2.14 bits per heavy atom. The van der Waals surface area contributed by atoms with Gasteiger partial charge in [0.2, 0.25) is 5.88 Å². The van der Waals surface area contributed by atoms with Crippen LogP contribution >= 0.6 is 11.6 Å². The molecule has 1 amide bonds. The molecule has 6 nitrogen and oxygen atoms in total. The van der Waals surface area contributed by atoms with E-state index in [2.05, 4.69) is 16.9 Å². The Kier molecular flexibility index (Phi) is 6.24. The van der Waals surface area contributed by atoms with Gasteiger partial charge >= 0.3 is 6.09 Å². The van der Waals surface area contributed by atoms with Crippen molar-refractivity contribution in [2.24, 2.45) is 0 Å². The molecule has 0 aliphatic carbocycles. The predicted octanol–water partition coefficient (Wildman–Crippen LogP) is 3.22. The molecule has 1 aromatic heterocycles. The van der Waals surface area contributed by atoms with Crippen molar-refractivity contribution in [3.8, 4) is 5.88 Å². The summed E-state index contributed by atoms with van der Waals surface area (Å²) in [7, 11) is 0. The number of unbranched alkanes of at least 4 members (excludes halogenated alkanes) is 1. The number of carbonyl (C=O) groups excluding carboxylic acids is 1. The molecule has 0 atom stereocenters. The van der Waals surface area contributed by atoms with Crippen LogP contribution in [0.4, 0.5) is 4.79 Å². The van der Waals surface area contributed by atoms with E-state index in [1.54, 1.807) is 4.90 Å². The first-order valence-corrected chi connectivity index (χ1v) is 8.05. The predicted molar refractivity (Wildman–Crippen MR) is 83.3 cm³/mol. The van der Waals surface area contributed by atoms with Crippen LogP contribution in [0.3, 0.4) is 0 Å². The van der Waals surface area contributed by atoms with Gasteiger partial charge in [0.05, 0.1) is 6.61 Å². The van der Waals surface area contributed by atoms with Crippen molar-refractivity contribution in [2.75, 3.05) is 19.7 Å². The number of hydrogen-bond acceptors (Lipinski definition) is 5. The molecule has 0 spiro atoms. The lowest BCUT2D eigenvalue weighted by molar-refractivity contribution is 0.0653. The monoisotopic (exact) mass is 327 g/mol. The van der Waals surface area contributed by atoms with Crippen LogP contribution in [0.25, 0.3) is 0 Å². The standard InChI is InChI=1S/C15H22ClN3O3/c1-3-4-9-21-15(20)19-7-5-12(6-8-19)22-14-11(2)13(16)17-10-18-14/h10,12H,3-9H2,1-2H3. The first-order chi connectivity index (χ1) is 10.6. The van der Waals surface area contributed by atoms with E-state index in [1.165, 1.54) is 6.33 Å². The minimum atomic E-state index is -0.229. The first kappa shape index (κ1) is 16.8. The molecule has 22 heavy (non-hydrogen) atoms. The number of amides is 1. The molecule has 0 unspecified atom stereocenters. The first-order valence-electron chi connectivity index (χ1n) is 7.67. The smallest absolute Gasteiger partial charge is 0.409 e. The van der Waals surface area contributed by atoms with Crippen LogP contribution in [-0.4, -0.2) is 46.8 Å². The second-order valence-electron chi connectivity index (χ2n) is 5.37. The summed E-state index contributed by atoms with van der Waals surface area (Å²) in [6.45, 7) is 5.65. The van der Waals surface area contributed by atoms with E-state index in [0.29, 0.717) is 30.7 Å². The Morgan fingerprint density at radius 3 is 2.82 bits per heavy atom. The van der Waals surface area contributed by atoms with Crippen molar-refractivity contribution < 1.29 is 14.3 Å². The number of likely N-dealkylation sites (tertiary alicyclic amines) is 1. The van der Waals surface area contributed by atoms with E-state index in [9.17, 15) is 4.79 Å². The lowest BCUT2D eigenvalue weighted by Gasteiger charge is -2.31. The summed E-state index contributed by atoms with van der Waals surface area (Å²) in [6, 6.07) is 0. The number of carbonyl (C=O) groups is 1. The molecule has 2 rings (SSSR count). The van der Waals surface area contributed by atoms with E-state index < -0.39 is 0 Å². The Balaban J connectivity index is 1.80. The maximum atomic E-state index is 11.9. The summed E-state index contributed by atoms with van der Waals surface area (Å²) in [5, 5.41) is 0.405. The Hall–Kier alpha value is -1.56. The quantitative estimate of drug-likeness (QED) is 0.613. The van der Waals surface area contributed by atoms with Gasteiger partial charge in [-0.2, -0.15) is 0 Å². The van der Waals surface area contributed by atoms with E-state index >= 15 is 0 Å². The average Bonchev–Trinajstić information content (AvgIpc) is 2.53. The maximum absolute atomic E-state index is 11.9. The van der Waals surface area contributed by atoms with Crippen molar-refractivity contribution in [3.05, 3.63) is 17.0 Å². The number of piperidine rings is 1. The van der Waals surface area contributed by atoms with Crippen LogP contribution in [0, 0.1) is 6.92 Å². The molecular weight excluding hydrogens is 306 g/mol. The molecule has 1 aromatic rings. The van der Waals surface area contributed by atoms with Crippen molar-refractivity contribution in [3.63, 3.8) is 0 Å². The lowest BCUT2D eigenvalue weighted by atomic mass is 10.1. The highest BCUT2D eigenvalue weighted by molar-refractivity contribution is 6.30. The number of hydrogen-bond donors (Lipinski definition) is 0. The fourth-order valence-electron chi connectivity index (χ4n) is 2.24. The SMILES string of the molecule is CCCCOC(=O)N1CCC(Oc2ncnc(Cl)c2C)CC1. The molecule has 2 heterocycles. The molecule has 122 valence electrons. The molecule has 7 heteroatoms. The topological polar surface area (TPSA) is 64.5 Å². The summed E-state index contributed by atoms with van der Waals surface area (Å²) in [5.41, 5.74) is 0.741. The van der Waals surface area contributed by atoms with E-state index in [0.717, 1.165) is 31.2 Å². The third kappa shape index (κ3) is 4.47. The Morgan fingerprint density at radius 1 is 1.41 bits per heavy atom. The number of ether oxygens (including phenoxy) is 2. The number of halogens is 1. The molecule has 0 radical (unpaired) electrons. The van der Waals surface area contributed by atoms with Crippen molar-refractivity contribution in [1.29, 1.82) is 0 Å². The number of rotatable bonds is 5. The molecule has 1 saturated heterocycles. The minimum absolute atomic E-state index is 0.0318. The molecule has 1 fully saturated rings. The number of nitrogens with zero attached hydrogens (tertiary/aromatic N) is 3. The van der Waals surface area contributed by atoms with Crippen molar-refractivity contribution in [1.82, 2.24) is 14.9 Å². The van der Waals surface area contributed by atoms with E-state index in [1.807, 2.05) is 6.92 Å². The van der Waals surface area contributed by atoms with Gasteiger partial charge in [-0.1, -0.05) is 24.9 Å². The molecule has 0 N–H and O–H groups in total. The zero-order valence-corrected chi connectivity index (χ0v) is 13.8. The molecule has 1 aliphatic rings. The van der Waals surface area contributed by atoms with Gasteiger partial charge in [0.25, 0.3) is 0 Å². The second-order valence-corrected chi connectivity index (χ2v) is 5.72. The van der Waals surface area contributed by atoms with Gasteiger partial charge in [0.15, 0.2) is 0 Å². The molecule has 0 aromatic carbocycles. The van der Waals surface area contributed by atoms with Crippen LogP contribution in [-0.2, 0) is 4.74 Å². The highest BCUT2D eigenvalue weighted by Gasteiger charge is 2.25. The van der Waals surface area contributed by atoms with E-state index in [4.69, 9.17) is 21.1 Å². The number of aromatic nitrogens is 2. The van der Waals surface area contributed by atoms with Gasteiger partial charge in [-0.15, -0.1) is 0 Å². The molecule has 1 aliphatic heterocycles. The van der Waals surface area contributed by atoms with Crippen LogP contribution in [0.1, 0.15) is 38.2 Å². The fraction of sp³-hybridized carbons (Fsp3) is 0.667. The normalized spacial score (nSPS) is 15.7. The molecular formula is C15H22ClN3O3. The summed E-state index contributed by atoms with van der Waals surface area (Å²) in [4.78, 5) is 21.6. The van der Waals surface area contributed by atoms with Crippen molar-refractivity contribution >= 4 is 17.7 Å². The van der Waals surface area contributed by atoms with Gasteiger partial charge in [-0.05, 0) is 13.3 Å². The van der Waals surface area contributed by atoms with Crippen LogP contribution in [0.5, 0.6) is 5.88 Å². The maximum Gasteiger partial charge on any atom is 0.409 e. The van der Waals surface area contributed by atoms with Crippen LogP contribution in [0.15, 0.2) is 6.33 Å². The summed E-state index contributed by atoms with van der Waals surface area (Å²) in [5.74, 6) is 0.518. The van der Waals surface area contributed by atoms with Gasteiger partial charge in [-0.25, -0.2) is 14.8 Å². The van der Waals surface area contributed by atoms with Gasteiger partial charge in [0.1, 0.15) is 17.6 Å². The van der Waals surface area contributed by atoms with Gasteiger partial charge in [-0.3, -0.25) is 0 Å². The largest absolute Gasteiger partial charge is 0.474 e. The molecule has 0 saturated carbocycles. The van der Waals surface area contributed by atoms with Crippen LogP contribution < -0.4 is 4.74 Å². The zero-order chi connectivity index (χ0) is 15.9. The summed E-state index contributed by atoms with van der Waals surface area (Å²) < 4.78 is 11.1. The van der Waals surface area contributed by atoms with Crippen molar-refractivity contribution in [2.45, 2.75) is 45.6 Å². The Bertz CT molecular complexity index is 505.